The van der Waals surface area contributed by atoms with Gasteiger partial charge in [0.1, 0.15) is 22.1 Å². The first-order valence-corrected chi connectivity index (χ1v) is 8.92. The van der Waals surface area contributed by atoms with Crippen molar-refractivity contribution in [3.05, 3.63) is 48.0 Å². The van der Waals surface area contributed by atoms with Crippen LogP contribution in [0, 0.1) is 0 Å². The van der Waals surface area contributed by atoms with Crippen molar-refractivity contribution in [3.8, 4) is 17.2 Å². The largest absolute Gasteiger partial charge is 0.497 e. The van der Waals surface area contributed by atoms with E-state index < -0.39 is 10.0 Å². The van der Waals surface area contributed by atoms with E-state index in [0.717, 1.165) is 5.56 Å². The molecule has 0 saturated carbocycles. The summed E-state index contributed by atoms with van der Waals surface area (Å²) < 4.78 is 43.4. The average molecular weight is 351 g/mol. The maximum Gasteiger partial charge on any atom is 0.244 e. The summed E-state index contributed by atoms with van der Waals surface area (Å²) in [5.41, 5.74) is 0.798. The highest BCUT2D eigenvalue weighted by Crippen LogP contribution is 2.28. The topological polar surface area (TPSA) is 73.9 Å². The Hall–Kier alpha value is -2.25. The van der Waals surface area contributed by atoms with Gasteiger partial charge in [0.05, 0.1) is 20.8 Å². The van der Waals surface area contributed by atoms with E-state index in [0.29, 0.717) is 18.1 Å². The van der Waals surface area contributed by atoms with Crippen LogP contribution in [0.5, 0.6) is 17.2 Å². The lowest BCUT2D eigenvalue weighted by atomic mass is 10.2. The summed E-state index contributed by atoms with van der Waals surface area (Å²) in [4.78, 5) is 0.0327. The third-order valence-corrected chi connectivity index (χ3v) is 4.76. The third kappa shape index (κ3) is 4.39. The zero-order valence-electron chi connectivity index (χ0n) is 13.9. The SMILES string of the molecule is CCOc1cccc(CNS(=O)(=O)c2cc(OC)ccc2OC)c1. The van der Waals surface area contributed by atoms with Gasteiger partial charge in [-0.3, -0.25) is 0 Å². The summed E-state index contributed by atoms with van der Waals surface area (Å²) >= 11 is 0. The molecule has 0 aliphatic rings. The van der Waals surface area contributed by atoms with Gasteiger partial charge in [0.2, 0.25) is 10.0 Å². The van der Waals surface area contributed by atoms with Gasteiger partial charge in [0.25, 0.3) is 0 Å². The zero-order chi connectivity index (χ0) is 17.6. The molecule has 6 nitrogen and oxygen atoms in total. The molecule has 2 aromatic carbocycles. The first kappa shape index (κ1) is 18.1. The Balaban J connectivity index is 2.21. The van der Waals surface area contributed by atoms with Crippen molar-refractivity contribution < 1.29 is 22.6 Å². The number of sulfonamides is 1. The summed E-state index contributed by atoms with van der Waals surface area (Å²) in [5.74, 6) is 1.40. The lowest BCUT2D eigenvalue weighted by Crippen LogP contribution is -2.23. The minimum Gasteiger partial charge on any atom is -0.497 e. The highest BCUT2D eigenvalue weighted by atomic mass is 32.2. The molecule has 0 aromatic heterocycles. The van der Waals surface area contributed by atoms with Crippen LogP contribution in [0.3, 0.4) is 0 Å². The second-order valence-electron chi connectivity index (χ2n) is 4.92. The van der Waals surface area contributed by atoms with Crippen molar-refractivity contribution in [1.29, 1.82) is 0 Å². The molecule has 0 aliphatic heterocycles. The smallest absolute Gasteiger partial charge is 0.244 e. The number of benzene rings is 2. The average Bonchev–Trinajstić information content (AvgIpc) is 2.60. The molecule has 0 spiro atoms. The van der Waals surface area contributed by atoms with Crippen LogP contribution in [0.1, 0.15) is 12.5 Å². The van der Waals surface area contributed by atoms with Gasteiger partial charge in [0.15, 0.2) is 0 Å². The molecule has 24 heavy (non-hydrogen) atoms. The van der Waals surface area contributed by atoms with Crippen LogP contribution in [0.15, 0.2) is 47.4 Å². The molecule has 0 radical (unpaired) electrons. The van der Waals surface area contributed by atoms with Gasteiger partial charge < -0.3 is 14.2 Å². The van der Waals surface area contributed by atoms with Gasteiger partial charge in [0, 0.05) is 12.6 Å². The Kier molecular flexibility index (Phi) is 6.05. The van der Waals surface area contributed by atoms with Crippen molar-refractivity contribution in [2.24, 2.45) is 0 Å². The second-order valence-corrected chi connectivity index (χ2v) is 6.66. The molecule has 0 bridgehead atoms. The van der Waals surface area contributed by atoms with E-state index in [-0.39, 0.29) is 17.2 Å². The van der Waals surface area contributed by atoms with Crippen LogP contribution < -0.4 is 18.9 Å². The van der Waals surface area contributed by atoms with E-state index in [1.807, 2.05) is 25.1 Å². The summed E-state index contributed by atoms with van der Waals surface area (Å²) in [6.45, 7) is 2.59. The van der Waals surface area contributed by atoms with Crippen molar-refractivity contribution in [2.45, 2.75) is 18.4 Å². The molecule has 0 fully saturated rings. The van der Waals surface area contributed by atoms with Crippen molar-refractivity contribution >= 4 is 10.0 Å². The van der Waals surface area contributed by atoms with Crippen LogP contribution in [0.4, 0.5) is 0 Å². The lowest BCUT2D eigenvalue weighted by molar-refractivity contribution is 0.340. The number of rotatable bonds is 8. The Bertz CT molecular complexity index is 789. The zero-order valence-corrected chi connectivity index (χ0v) is 14.7. The molecule has 0 unspecified atom stereocenters. The van der Waals surface area contributed by atoms with Crippen LogP contribution in [-0.4, -0.2) is 29.2 Å². The van der Waals surface area contributed by atoms with Crippen LogP contribution >= 0.6 is 0 Å². The number of hydrogen-bond donors (Lipinski definition) is 1. The van der Waals surface area contributed by atoms with Crippen LogP contribution in [0.25, 0.3) is 0 Å². The van der Waals surface area contributed by atoms with Crippen LogP contribution in [0.2, 0.25) is 0 Å². The van der Waals surface area contributed by atoms with Crippen molar-refractivity contribution in [1.82, 2.24) is 4.72 Å². The van der Waals surface area contributed by atoms with E-state index in [1.165, 1.54) is 20.3 Å². The third-order valence-electron chi connectivity index (χ3n) is 3.34. The predicted octanol–water partition coefficient (Wildman–Crippen LogP) is 2.58. The molecule has 2 aromatic rings. The van der Waals surface area contributed by atoms with Crippen LogP contribution in [-0.2, 0) is 16.6 Å². The second kappa shape index (κ2) is 8.03. The molecule has 2 rings (SSSR count). The molecule has 130 valence electrons. The molecule has 7 heteroatoms. The van der Waals surface area contributed by atoms with E-state index in [4.69, 9.17) is 14.2 Å². The number of hydrogen-bond acceptors (Lipinski definition) is 5. The minimum absolute atomic E-state index is 0.0327. The maximum atomic E-state index is 12.6. The first-order chi connectivity index (χ1) is 11.5. The number of nitrogens with one attached hydrogen (secondary N) is 1. The Morgan fingerprint density at radius 1 is 1.00 bits per heavy atom. The van der Waals surface area contributed by atoms with Gasteiger partial charge in [-0.05, 0) is 36.8 Å². The highest BCUT2D eigenvalue weighted by Gasteiger charge is 2.20. The Labute approximate surface area is 142 Å². The Morgan fingerprint density at radius 3 is 2.46 bits per heavy atom. The summed E-state index contributed by atoms with van der Waals surface area (Å²) in [5, 5.41) is 0. The van der Waals surface area contributed by atoms with Gasteiger partial charge in [-0.25, -0.2) is 13.1 Å². The molecule has 1 N–H and O–H groups in total. The molecule has 0 atom stereocenters. The molecular formula is C17H21NO5S. The summed E-state index contributed by atoms with van der Waals surface area (Å²) in [7, 11) is -0.855. The fraction of sp³-hybridized carbons (Fsp3) is 0.294. The molecule has 0 amide bonds. The molecule has 0 heterocycles. The molecule has 0 aliphatic carbocycles. The summed E-state index contributed by atoms with van der Waals surface area (Å²) in [6.07, 6.45) is 0. The Morgan fingerprint density at radius 2 is 1.79 bits per heavy atom. The number of ether oxygens (including phenoxy) is 3. The van der Waals surface area contributed by atoms with Gasteiger partial charge in [-0.1, -0.05) is 12.1 Å². The minimum atomic E-state index is -3.75. The fourth-order valence-corrected chi connectivity index (χ4v) is 3.36. The quantitative estimate of drug-likeness (QED) is 0.791. The van der Waals surface area contributed by atoms with E-state index in [1.54, 1.807) is 18.2 Å². The van der Waals surface area contributed by atoms with Gasteiger partial charge in [-0.15, -0.1) is 0 Å². The van der Waals surface area contributed by atoms with E-state index >= 15 is 0 Å². The lowest BCUT2D eigenvalue weighted by Gasteiger charge is -2.12. The first-order valence-electron chi connectivity index (χ1n) is 7.43. The fourth-order valence-electron chi connectivity index (χ4n) is 2.16. The maximum absolute atomic E-state index is 12.6. The standard InChI is InChI=1S/C17H21NO5S/c1-4-23-15-7-5-6-13(10-15)12-18-24(19,20)17-11-14(21-2)8-9-16(17)22-3/h5-11,18H,4,12H2,1-3H3. The monoisotopic (exact) mass is 351 g/mol. The van der Waals surface area contributed by atoms with E-state index in [9.17, 15) is 8.42 Å². The molecular weight excluding hydrogens is 330 g/mol. The van der Waals surface area contributed by atoms with Gasteiger partial charge >= 0.3 is 0 Å². The van der Waals surface area contributed by atoms with E-state index in [2.05, 4.69) is 4.72 Å². The van der Waals surface area contributed by atoms with Crippen molar-refractivity contribution in [2.75, 3.05) is 20.8 Å². The summed E-state index contributed by atoms with van der Waals surface area (Å²) in [6, 6.07) is 11.9. The normalized spacial score (nSPS) is 11.1. The van der Waals surface area contributed by atoms with Gasteiger partial charge in [-0.2, -0.15) is 0 Å². The predicted molar refractivity (Wildman–Crippen MR) is 91.2 cm³/mol. The highest BCUT2D eigenvalue weighted by molar-refractivity contribution is 7.89. The number of methoxy groups -OCH3 is 2. The van der Waals surface area contributed by atoms with Crippen molar-refractivity contribution in [3.63, 3.8) is 0 Å². The molecule has 0 saturated heterocycles.